The lowest BCUT2D eigenvalue weighted by Crippen LogP contribution is -2.20. The number of hydrogen-bond acceptors (Lipinski definition) is 3. The molecule has 0 fully saturated rings. The molecule has 0 unspecified atom stereocenters. The Balaban J connectivity index is 2.52. The highest BCUT2D eigenvalue weighted by atomic mass is 16.5. The number of benzene rings is 1. The monoisotopic (exact) mass is 289 g/mol. The molecule has 0 saturated carbocycles. The molecule has 0 heterocycles. The highest BCUT2D eigenvalue weighted by Gasteiger charge is 2.13. The second kappa shape index (κ2) is 7.07. The van der Waals surface area contributed by atoms with Crippen LogP contribution in [0.25, 0.3) is 0 Å². The zero-order chi connectivity index (χ0) is 16.0. The van der Waals surface area contributed by atoms with E-state index in [-0.39, 0.29) is 17.9 Å². The molecule has 21 heavy (non-hydrogen) atoms. The first-order valence-electron chi connectivity index (χ1n) is 6.90. The summed E-state index contributed by atoms with van der Waals surface area (Å²) in [5, 5.41) is 2.69. The average Bonchev–Trinajstić information content (AvgIpc) is 2.35. The maximum absolute atomic E-state index is 11.7. The molecule has 1 rings (SSSR count). The molecular formula is C17H23NO3. The van der Waals surface area contributed by atoms with E-state index >= 15 is 0 Å². The van der Waals surface area contributed by atoms with Crippen LogP contribution in [0.4, 0.5) is 5.69 Å². The summed E-state index contributed by atoms with van der Waals surface area (Å²) < 4.78 is 4.84. The fourth-order valence-corrected chi connectivity index (χ4v) is 1.66. The van der Waals surface area contributed by atoms with Crippen molar-refractivity contribution in [3.63, 3.8) is 0 Å². The highest BCUT2D eigenvalue weighted by molar-refractivity contribution is 5.93. The van der Waals surface area contributed by atoms with Gasteiger partial charge in [-0.3, -0.25) is 4.79 Å². The number of amides is 1. The van der Waals surface area contributed by atoms with E-state index in [0.717, 1.165) is 5.57 Å². The molecule has 1 aromatic carbocycles. The first-order valence-corrected chi connectivity index (χ1v) is 6.90. The minimum Gasteiger partial charge on any atom is -0.452 e. The summed E-state index contributed by atoms with van der Waals surface area (Å²) in [6.45, 7) is 9.68. The van der Waals surface area contributed by atoms with E-state index in [1.807, 2.05) is 24.3 Å². The third-order valence-electron chi connectivity index (χ3n) is 2.79. The lowest BCUT2D eigenvalue weighted by Gasteiger charge is -2.19. The van der Waals surface area contributed by atoms with Gasteiger partial charge in [0.15, 0.2) is 6.61 Å². The van der Waals surface area contributed by atoms with Gasteiger partial charge in [-0.25, -0.2) is 4.79 Å². The summed E-state index contributed by atoms with van der Waals surface area (Å²) in [7, 11) is 0. The predicted octanol–water partition coefficient (Wildman–Crippen LogP) is 3.43. The minimum atomic E-state index is -0.506. The zero-order valence-electron chi connectivity index (χ0n) is 13.3. The van der Waals surface area contributed by atoms with Gasteiger partial charge in [-0.15, -0.1) is 0 Å². The number of carbonyl (C=O) groups is 2. The molecule has 0 bridgehead atoms. The van der Waals surface area contributed by atoms with Crippen molar-refractivity contribution in [1.82, 2.24) is 0 Å². The van der Waals surface area contributed by atoms with Gasteiger partial charge in [0, 0.05) is 11.8 Å². The summed E-state index contributed by atoms with van der Waals surface area (Å²) in [5.41, 5.74) is 2.78. The van der Waals surface area contributed by atoms with Crippen LogP contribution in [-0.2, 0) is 19.7 Å². The van der Waals surface area contributed by atoms with E-state index in [1.165, 1.54) is 11.6 Å². The Hall–Kier alpha value is -2.10. The van der Waals surface area contributed by atoms with Crippen LogP contribution in [-0.4, -0.2) is 18.5 Å². The van der Waals surface area contributed by atoms with Crippen molar-refractivity contribution in [2.75, 3.05) is 11.9 Å². The second-order valence-electron chi connectivity index (χ2n) is 6.20. The van der Waals surface area contributed by atoms with Gasteiger partial charge in [-0.05, 0) is 37.0 Å². The molecule has 0 atom stereocenters. The van der Waals surface area contributed by atoms with Crippen molar-refractivity contribution in [1.29, 1.82) is 0 Å². The van der Waals surface area contributed by atoms with Gasteiger partial charge in [0.1, 0.15) is 0 Å². The van der Waals surface area contributed by atoms with Crippen molar-refractivity contribution < 1.29 is 14.3 Å². The molecule has 1 amide bonds. The summed E-state index contributed by atoms with van der Waals surface area (Å²) in [4.78, 5) is 23.0. The third kappa shape index (κ3) is 6.25. The quantitative estimate of drug-likeness (QED) is 0.682. The largest absolute Gasteiger partial charge is 0.452 e. The zero-order valence-corrected chi connectivity index (χ0v) is 13.3. The van der Waals surface area contributed by atoms with Gasteiger partial charge in [0.05, 0.1) is 0 Å². The van der Waals surface area contributed by atoms with Crippen molar-refractivity contribution in [3.05, 3.63) is 41.5 Å². The van der Waals surface area contributed by atoms with Gasteiger partial charge >= 0.3 is 5.97 Å². The number of anilines is 1. The van der Waals surface area contributed by atoms with E-state index in [1.54, 1.807) is 13.8 Å². The standard InChI is InChI=1S/C17H23NO3/c1-12(2)10-16(20)21-11-15(19)18-14-8-6-13(7-9-14)17(3,4)5/h6-10H,11H2,1-5H3,(H,18,19). The molecule has 0 aliphatic carbocycles. The van der Waals surface area contributed by atoms with Crippen LogP contribution in [0, 0.1) is 0 Å². The first-order chi connectivity index (χ1) is 9.68. The van der Waals surface area contributed by atoms with Crippen LogP contribution in [0.2, 0.25) is 0 Å². The lowest BCUT2D eigenvalue weighted by molar-refractivity contribution is -0.142. The van der Waals surface area contributed by atoms with Gasteiger partial charge in [0.2, 0.25) is 0 Å². The number of ether oxygens (including phenoxy) is 1. The van der Waals surface area contributed by atoms with Gasteiger partial charge in [0.25, 0.3) is 5.91 Å². The molecule has 114 valence electrons. The molecule has 1 N–H and O–H groups in total. The number of nitrogens with one attached hydrogen (secondary N) is 1. The van der Waals surface area contributed by atoms with E-state index in [0.29, 0.717) is 5.69 Å². The van der Waals surface area contributed by atoms with Crippen LogP contribution >= 0.6 is 0 Å². The third-order valence-corrected chi connectivity index (χ3v) is 2.79. The maximum Gasteiger partial charge on any atom is 0.331 e. The van der Waals surface area contributed by atoms with Crippen molar-refractivity contribution in [2.45, 2.75) is 40.0 Å². The van der Waals surface area contributed by atoms with Crippen molar-refractivity contribution in [2.24, 2.45) is 0 Å². The molecular weight excluding hydrogens is 266 g/mol. The molecule has 0 spiro atoms. The fourth-order valence-electron chi connectivity index (χ4n) is 1.66. The molecule has 0 radical (unpaired) electrons. The molecule has 4 heteroatoms. The second-order valence-corrected chi connectivity index (χ2v) is 6.20. The van der Waals surface area contributed by atoms with Crippen molar-refractivity contribution >= 4 is 17.6 Å². The number of hydrogen-bond donors (Lipinski definition) is 1. The minimum absolute atomic E-state index is 0.0718. The van der Waals surface area contributed by atoms with E-state index < -0.39 is 5.97 Å². The van der Waals surface area contributed by atoms with Crippen LogP contribution < -0.4 is 5.32 Å². The molecule has 4 nitrogen and oxygen atoms in total. The van der Waals surface area contributed by atoms with E-state index in [2.05, 4.69) is 26.1 Å². The van der Waals surface area contributed by atoms with Gasteiger partial charge in [-0.2, -0.15) is 0 Å². The Bertz CT molecular complexity index is 532. The molecule has 1 aromatic rings. The Labute approximate surface area is 126 Å². The van der Waals surface area contributed by atoms with Crippen LogP contribution in [0.3, 0.4) is 0 Å². The highest BCUT2D eigenvalue weighted by Crippen LogP contribution is 2.23. The topological polar surface area (TPSA) is 55.4 Å². The Morgan fingerprint density at radius 3 is 2.19 bits per heavy atom. The summed E-state index contributed by atoms with van der Waals surface area (Å²) >= 11 is 0. The number of esters is 1. The van der Waals surface area contributed by atoms with E-state index in [9.17, 15) is 9.59 Å². The molecule has 0 aliphatic heterocycles. The Morgan fingerprint density at radius 2 is 1.71 bits per heavy atom. The van der Waals surface area contributed by atoms with E-state index in [4.69, 9.17) is 4.74 Å². The number of carbonyl (C=O) groups excluding carboxylic acids is 2. The van der Waals surface area contributed by atoms with Crippen molar-refractivity contribution in [3.8, 4) is 0 Å². The number of rotatable bonds is 4. The van der Waals surface area contributed by atoms with Crippen LogP contribution in [0.15, 0.2) is 35.9 Å². The smallest absolute Gasteiger partial charge is 0.331 e. The number of allylic oxidation sites excluding steroid dienone is 1. The normalized spacial score (nSPS) is 10.7. The fraction of sp³-hybridized carbons (Fsp3) is 0.412. The summed E-state index contributed by atoms with van der Waals surface area (Å²) in [6.07, 6.45) is 1.35. The van der Waals surface area contributed by atoms with Gasteiger partial charge in [-0.1, -0.05) is 38.5 Å². The SMILES string of the molecule is CC(C)=CC(=O)OCC(=O)Nc1ccc(C(C)(C)C)cc1. The maximum atomic E-state index is 11.7. The first kappa shape index (κ1) is 17.0. The summed E-state index contributed by atoms with van der Waals surface area (Å²) in [6, 6.07) is 7.64. The Morgan fingerprint density at radius 1 is 1.14 bits per heavy atom. The van der Waals surface area contributed by atoms with Crippen LogP contribution in [0.1, 0.15) is 40.2 Å². The summed E-state index contributed by atoms with van der Waals surface area (Å²) in [5.74, 6) is -0.859. The molecule has 0 saturated heterocycles. The molecule has 0 aromatic heterocycles. The lowest BCUT2D eigenvalue weighted by atomic mass is 9.87. The van der Waals surface area contributed by atoms with Gasteiger partial charge < -0.3 is 10.1 Å². The molecule has 0 aliphatic rings. The Kier molecular flexibility index (Phi) is 5.70. The predicted molar refractivity (Wildman–Crippen MR) is 84.2 cm³/mol. The van der Waals surface area contributed by atoms with Crippen LogP contribution in [0.5, 0.6) is 0 Å². The average molecular weight is 289 g/mol.